The minimum absolute atomic E-state index is 0.491. The first-order chi connectivity index (χ1) is 10.8. The van der Waals surface area contributed by atoms with Crippen LogP contribution in [0.5, 0.6) is 0 Å². The van der Waals surface area contributed by atoms with Gasteiger partial charge in [-0.2, -0.15) is 0 Å². The molecule has 5 unspecified atom stereocenters. The van der Waals surface area contributed by atoms with Gasteiger partial charge < -0.3 is 50.0 Å². The third kappa shape index (κ3) is 3.66. The van der Waals surface area contributed by atoms with Crippen LogP contribution in [0.2, 0.25) is 0 Å². The Bertz CT molecular complexity index is 380. The summed E-state index contributed by atoms with van der Waals surface area (Å²) < 4.78 is 15.9. The molecule has 0 amide bonds. The lowest BCUT2D eigenvalue weighted by molar-refractivity contribution is -0.340. The van der Waals surface area contributed by atoms with Crippen molar-refractivity contribution in [2.75, 3.05) is 13.2 Å². The second-order valence-corrected chi connectivity index (χ2v) is 5.84. The van der Waals surface area contributed by atoms with Crippen LogP contribution in [0, 0.1) is 0 Å². The van der Waals surface area contributed by atoms with Crippen LogP contribution in [-0.4, -0.2) is 110 Å². The van der Waals surface area contributed by atoms with E-state index in [1.165, 1.54) is 6.92 Å². The van der Waals surface area contributed by atoms with E-state index in [0.29, 0.717) is 0 Å². The zero-order valence-electron chi connectivity index (χ0n) is 12.5. The van der Waals surface area contributed by atoms with E-state index in [1.807, 2.05) is 0 Å². The number of hydrogen-bond donors (Lipinski definition) is 7. The third-order valence-corrected chi connectivity index (χ3v) is 4.24. The lowest BCUT2D eigenvalue weighted by atomic mass is 9.95. The third-order valence-electron chi connectivity index (χ3n) is 4.24. The highest BCUT2D eigenvalue weighted by atomic mass is 16.7. The summed E-state index contributed by atoms with van der Waals surface area (Å²) in [6.07, 6.45) is -13.0. The normalized spacial score (nSPS) is 51.7. The maximum atomic E-state index is 10.1. The zero-order chi connectivity index (χ0) is 17.3. The first-order valence-corrected chi connectivity index (χ1v) is 7.40. The molecule has 2 saturated heterocycles. The van der Waals surface area contributed by atoms with Crippen molar-refractivity contribution in [1.82, 2.24) is 0 Å². The lowest BCUT2D eigenvalue weighted by Gasteiger charge is -2.45. The molecule has 10 nitrogen and oxygen atoms in total. The Balaban J connectivity index is 2.08. The molecule has 10 heteroatoms. The van der Waals surface area contributed by atoms with Crippen molar-refractivity contribution in [1.29, 1.82) is 0 Å². The highest BCUT2D eigenvalue weighted by molar-refractivity contribution is 4.94. The number of ether oxygens (including phenoxy) is 3. The summed E-state index contributed by atoms with van der Waals surface area (Å²) in [7, 11) is 0. The van der Waals surface area contributed by atoms with Crippen LogP contribution >= 0.6 is 0 Å². The SMILES string of the molecule is CC1OC(CO)[C@@H](O)[C@H](O)C1O[C@H]1OC(CO)[C@@H](O)[C@H](O)C1O. The highest BCUT2D eigenvalue weighted by Crippen LogP contribution is 2.28. The molecule has 2 aliphatic rings. The van der Waals surface area contributed by atoms with Gasteiger partial charge in [-0.25, -0.2) is 0 Å². The molecule has 7 N–H and O–H groups in total. The Morgan fingerprint density at radius 2 is 1.26 bits per heavy atom. The van der Waals surface area contributed by atoms with Crippen LogP contribution in [0.4, 0.5) is 0 Å². The number of aliphatic hydroxyl groups excluding tert-OH is 7. The predicted octanol–water partition coefficient (Wildman–Crippen LogP) is -4.33. The molecule has 0 spiro atoms. The largest absolute Gasteiger partial charge is 0.394 e. The second kappa shape index (κ2) is 7.66. The Hall–Kier alpha value is -0.400. The minimum atomic E-state index is -1.63. The molecular formula is C13H24O10. The first-order valence-electron chi connectivity index (χ1n) is 7.40. The van der Waals surface area contributed by atoms with Gasteiger partial charge in [-0.1, -0.05) is 0 Å². The summed E-state index contributed by atoms with van der Waals surface area (Å²) in [6.45, 7) is 0.432. The summed E-state index contributed by atoms with van der Waals surface area (Å²) in [5, 5.41) is 67.5. The van der Waals surface area contributed by atoms with E-state index >= 15 is 0 Å². The topological polar surface area (TPSA) is 169 Å². The van der Waals surface area contributed by atoms with E-state index in [1.54, 1.807) is 0 Å². The van der Waals surface area contributed by atoms with Crippen LogP contribution in [-0.2, 0) is 14.2 Å². The Morgan fingerprint density at radius 3 is 1.83 bits per heavy atom. The fourth-order valence-corrected chi connectivity index (χ4v) is 2.80. The standard InChI is InChI=1S/C13H24O10/c1-4-12(10(19)8(17)5(2-14)21-4)23-13-11(20)9(18)7(16)6(3-15)22-13/h4-20H,2-3H2,1H3/t4?,5?,6?,7-,8-,9+,10+,11?,12?,13-/m1/s1. The summed E-state index contributed by atoms with van der Waals surface area (Å²) in [5.41, 5.74) is 0. The van der Waals surface area contributed by atoms with Gasteiger partial charge in [0.15, 0.2) is 6.29 Å². The smallest absolute Gasteiger partial charge is 0.187 e. The Morgan fingerprint density at radius 1 is 0.739 bits per heavy atom. The summed E-state index contributed by atoms with van der Waals surface area (Å²) in [6, 6.07) is 0. The summed E-state index contributed by atoms with van der Waals surface area (Å²) in [5.74, 6) is 0. The molecule has 0 aromatic heterocycles. The number of rotatable bonds is 4. The molecule has 2 rings (SSSR count). The van der Waals surface area contributed by atoms with Crippen LogP contribution in [0.15, 0.2) is 0 Å². The van der Waals surface area contributed by atoms with E-state index in [9.17, 15) is 25.5 Å². The van der Waals surface area contributed by atoms with Crippen molar-refractivity contribution in [2.45, 2.75) is 68.1 Å². The van der Waals surface area contributed by atoms with E-state index in [-0.39, 0.29) is 0 Å². The number of hydrogen-bond acceptors (Lipinski definition) is 10. The van der Waals surface area contributed by atoms with Crippen molar-refractivity contribution < 1.29 is 50.0 Å². The van der Waals surface area contributed by atoms with E-state index < -0.39 is 74.4 Å². The molecule has 2 aliphatic heterocycles. The van der Waals surface area contributed by atoms with Crippen LogP contribution in [0.25, 0.3) is 0 Å². The van der Waals surface area contributed by atoms with E-state index in [4.69, 9.17) is 24.4 Å². The first kappa shape index (κ1) is 18.9. The van der Waals surface area contributed by atoms with Crippen LogP contribution in [0.1, 0.15) is 6.92 Å². The van der Waals surface area contributed by atoms with Crippen molar-refractivity contribution in [3.8, 4) is 0 Å². The van der Waals surface area contributed by atoms with Crippen molar-refractivity contribution >= 4 is 0 Å². The predicted molar refractivity (Wildman–Crippen MR) is 72.1 cm³/mol. The van der Waals surface area contributed by atoms with Crippen molar-refractivity contribution in [3.63, 3.8) is 0 Å². The summed E-state index contributed by atoms with van der Waals surface area (Å²) in [4.78, 5) is 0. The van der Waals surface area contributed by atoms with Gasteiger partial charge in [0.2, 0.25) is 0 Å². The fourth-order valence-electron chi connectivity index (χ4n) is 2.80. The maximum absolute atomic E-state index is 10.1. The molecule has 2 fully saturated rings. The molecule has 0 aromatic carbocycles. The van der Waals surface area contributed by atoms with Crippen molar-refractivity contribution in [2.24, 2.45) is 0 Å². The van der Waals surface area contributed by atoms with Gasteiger partial charge >= 0.3 is 0 Å². The van der Waals surface area contributed by atoms with Gasteiger partial charge in [0.05, 0.1) is 19.3 Å². The van der Waals surface area contributed by atoms with Gasteiger partial charge in [0.25, 0.3) is 0 Å². The van der Waals surface area contributed by atoms with Gasteiger partial charge in [-0.05, 0) is 6.92 Å². The van der Waals surface area contributed by atoms with Gasteiger partial charge in [-0.3, -0.25) is 0 Å². The molecular weight excluding hydrogens is 316 g/mol. The van der Waals surface area contributed by atoms with E-state index in [2.05, 4.69) is 0 Å². The molecule has 23 heavy (non-hydrogen) atoms. The molecule has 10 atom stereocenters. The Labute approximate surface area is 132 Å². The molecule has 2 heterocycles. The molecule has 0 bridgehead atoms. The highest BCUT2D eigenvalue weighted by Gasteiger charge is 2.49. The Kier molecular flexibility index (Phi) is 6.30. The maximum Gasteiger partial charge on any atom is 0.187 e. The average Bonchev–Trinajstić information content (AvgIpc) is 2.54. The molecule has 0 radical (unpaired) electrons. The van der Waals surface area contributed by atoms with Gasteiger partial charge in [0.1, 0.15) is 48.8 Å². The van der Waals surface area contributed by atoms with Crippen LogP contribution in [0.3, 0.4) is 0 Å². The molecule has 0 saturated carbocycles. The van der Waals surface area contributed by atoms with Crippen molar-refractivity contribution in [3.05, 3.63) is 0 Å². The minimum Gasteiger partial charge on any atom is -0.394 e. The molecule has 0 aromatic rings. The molecule has 0 aliphatic carbocycles. The monoisotopic (exact) mass is 340 g/mol. The fraction of sp³-hybridized carbons (Fsp3) is 1.00. The van der Waals surface area contributed by atoms with Gasteiger partial charge in [0, 0.05) is 0 Å². The summed E-state index contributed by atoms with van der Waals surface area (Å²) >= 11 is 0. The zero-order valence-corrected chi connectivity index (χ0v) is 12.5. The molecule has 136 valence electrons. The lowest BCUT2D eigenvalue weighted by Crippen LogP contribution is -2.63. The van der Waals surface area contributed by atoms with Crippen LogP contribution < -0.4 is 0 Å². The average molecular weight is 340 g/mol. The second-order valence-electron chi connectivity index (χ2n) is 5.84. The quantitative estimate of drug-likeness (QED) is 0.265. The van der Waals surface area contributed by atoms with E-state index in [0.717, 1.165) is 0 Å². The van der Waals surface area contributed by atoms with Gasteiger partial charge in [-0.15, -0.1) is 0 Å². The number of aliphatic hydroxyl groups is 7.